The van der Waals surface area contributed by atoms with Gasteiger partial charge in [-0.05, 0) is 78.0 Å². The molecule has 0 N–H and O–H groups in total. The summed E-state index contributed by atoms with van der Waals surface area (Å²) >= 11 is 1.56. The van der Waals surface area contributed by atoms with Gasteiger partial charge >= 0.3 is 0 Å². The van der Waals surface area contributed by atoms with E-state index in [4.69, 9.17) is 9.59 Å². The van der Waals surface area contributed by atoms with Crippen LogP contribution in [-0.4, -0.2) is 100 Å². The Balaban J connectivity index is -0.000000670. The van der Waals surface area contributed by atoms with Crippen LogP contribution in [0, 0.1) is 23.7 Å². The molecule has 2 saturated heterocycles. The predicted octanol–water partition coefficient (Wildman–Crippen LogP) is 5.33. The third-order valence-corrected chi connectivity index (χ3v) is 9.18. The molecule has 4 amide bonds. The molecule has 2 heterocycles. The fourth-order valence-corrected chi connectivity index (χ4v) is 6.04. The SMILES string of the molecule is CC(=O)C1CCC(CN2C(=O)CC(C)C2=O)CC1.CC(=O)CN1C(=O)CC(C)C1=O.CC(=O)Cc1ccc(C(C)=O)cc1.CC[C-]=O.CSCC(C)=O.C[C-]=O.[Y]. The fraction of sp³-hybridized carbons (Fsp3) is 0.595. The second kappa shape index (κ2) is 32.6. The first-order chi connectivity index (χ1) is 26.2. The van der Waals surface area contributed by atoms with Crippen LogP contribution in [0.3, 0.4) is 0 Å². The summed E-state index contributed by atoms with van der Waals surface area (Å²) in [5.74, 6) is 0.883. The van der Waals surface area contributed by atoms with Crippen LogP contribution >= 0.6 is 11.8 Å². The van der Waals surface area contributed by atoms with Crippen molar-refractivity contribution in [2.45, 2.75) is 114 Å². The number of benzene rings is 1. The summed E-state index contributed by atoms with van der Waals surface area (Å²) < 4.78 is 0. The Morgan fingerprint density at radius 1 is 0.737 bits per heavy atom. The molecule has 0 aromatic heterocycles. The number of amides is 4. The van der Waals surface area contributed by atoms with Crippen LogP contribution in [0.25, 0.3) is 0 Å². The van der Waals surface area contributed by atoms with Crippen molar-refractivity contribution in [2.24, 2.45) is 23.7 Å². The molecule has 1 saturated carbocycles. The van der Waals surface area contributed by atoms with Gasteiger partial charge in [0.25, 0.3) is 0 Å². The van der Waals surface area contributed by atoms with E-state index >= 15 is 0 Å². The minimum Gasteiger partial charge on any atom is -0.542 e. The maximum absolute atomic E-state index is 11.8. The van der Waals surface area contributed by atoms with Gasteiger partial charge in [0.05, 0.1) is 12.3 Å². The van der Waals surface area contributed by atoms with Crippen molar-refractivity contribution in [3.8, 4) is 0 Å². The first-order valence-electron chi connectivity index (χ1n) is 18.6. The Hall–Kier alpha value is -3.36. The first kappa shape index (κ1) is 58.0. The summed E-state index contributed by atoms with van der Waals surface area (Å²) in [5.41, 5.74) is 1.64. The monoisotopic (exact) mass is 889 g/mol. The van der Waals surface area contributed by atoms with E-state index in [2.05, 4.69) is 0 Å². The molecule has 13 nitrogen and oxygen atoms in total. The number of carbonyl (C=O) groups excluding carboxylic acids is 11. The van der Waals surface area contributed by atoms with Crippen molar-refractivity contribution < 1.29 is 85.4 Å². The summed E-state index contributed by atoms with van der Waals surface area (Å²) in [7, 11) is 0. The molecule has 315 valence electrons. The molecular formula is C42H60N2O11SY-2. The third kappa shape index (κ3) is 25.6. The van der Waals surface area contributed by atoms with Gasteiger partial charge in [0.2, 0.25) is 23.6 Å². The van der Waals surface area contributed by atoms with Gasteiger partial charge in [0.1, 0.15) is 23.1 Å². The van der Waals surface area contributed by atoms with E-state index in [0.717, 1.165) is 36.1 Å². The van der Waals surface area contributed by atoms with Crippen molar-refractivity contribution in [3.05, 3.63) is 35.4 Å². The summed E-state index contributed by atoms with van der Waals surface area (Å²) in [6.07, 6.45) is 10.4. The number of hydrogen-bond donors (Lipinski definition) is 0. The Morgan fingerprint density at radius 3 is 1.46 bits per heavy atom. The Kier molecular flexibility index (Phi) is 33.1. The summed E-state index contributed by atoms with van der Waals surface area (Å²) in [6, 6.07) is 7.14. The molecule has 3 fully saturated rings. The quantitative estimate of drug-likeness (QED) is 0.158. The van der Waals surface area contributed by atoms with Gasteiger partial charge < -0.3 is 9.59 Å². The average molecular weight is 890 g/mol. The fourth-order valence-electron chi connectivity index (χ4n) is 5.64. The van der Waals surface area contributed by atoms with Gasteiger partial charge in [0, 0.05) is 81.8 Å². The smallest absolute Gasteiger partial charge is 0.232 e. The standard InChI is InChI=1S/C14H21NO3.C11H12O2.C8H11NO3.C4H8OS.C3H5O.C2H3O.Y/c1-9-7-13(17)15(14(9)18)8-11-3-5-12(6-4-11)10(2)16;1-8(12)7-10-3-5-11(6-4-10)9(2)13;1-5-3-7(11)9(8(5)12)4-6(2)10;1-4(5)3-6-2;1-2-3-4;1-2-3;/h9,11-12H,3-8H2,1-2H3;3-6H,7H2,1-2H3;5H,3-4H2,1-2H3;3H2,1-2H3;2H2,1H3;1H3;/q;;;;2*-1;. The molecule has 3 aliphatic rings. The van der Waals surface area contributed by atoms with Crippen LogP contribution in [-0.2, 0) is 87.1 Å². The zero-order chi connectivity index (χ0) is 43.5. The molecule has 0 spiro atoms. The van der Waals surface area contributed by atoms with Crippen molar-refractivity contribution in [2.75, 3.05) is 25.1 Å². The Bertz CT molecular complexity index is 1510. The molecular weight excluding hydrogens is 829 g/mol. The van der Waals surface area contributed by atoms with E-state index in [1.54, 1.807) is 64.8 Å². The number of rotatable bonds is 11. The van der Waals surface area contributed by atoms with Crippen molar-refractivity contribution in [1.82, 2.24) is 9.80 Å². The maximum Gasteiger partial charge on any atom is 0.232 e. The molecule has 15 heteroatoms. The molecule has 2 aliphatic heterocycles. The average Bonchev–Trinajstić information content (AvgIpc) is 3.51. The van der Waals surface area contributed by atoms with Gasteiger partial charge in [-0.1, -0.05) is 45.0 Å². The first-order valence-corrected chi connectivity index (χ1v) is 20.0. The van der Waals surface area contributed by atoms with Gasteiger partial charge in [-0.2, -0.15) is 25.1 Å². The summed E-state index contributed by atoms with van der Waals surface area (Å²) in [6.45, 7) is 14.8. The van der Waals surface area contributed by atoms with Crippen LogP contribution in [0.5, 0.6) is 0 Å². The number of ketones is 5. The molecule has 1 aliphatic carbocycles. The van der Waals surface area contributed by atoms with Gasteiger partial charge in [-0.3, -0.25) is 65.5 Å². The second-order valence-electron chi connectivity index (χ2n) is 13.9. The second-order valence-corrected chi connectivity index (χ2v) is 14.7. The van der Waals surface area contributed by atoms with Crippen LogP contribution in [0.4, 0.5) is 0 Å². The molecule has 57 heavy (non-hydrogen) atoms. The number of likely N-dealkylation sites (tertiary alicyclic amines) is 2. The topological polar surface area (TPSA) is 194 Å². The van der Waals surface area contributed by atoms with E-state index < -0.39 is 0 Å². The van der Waals surface area contributed by atoms with Gasteiger partial charge in [0.15, 0.2) is 5.78 Å². The number of Topliss-reactive ketones (excluding diaryl/α,β-unsaturated/α-hetero) is 5. The zero-order valence-electron chi connectivity index (χ0n) is 35.3. The third-order valence-electron chi connectivity index (χ3n) is 8.49. The van der Waals surface area contributed by atoms with Gasteiger partial charge in [-0.15, -0.1) is 0 Å². The van der Waals surface area contributed by atoms with Crippen LogP contribution in [0.15, 0.2) is 24.3 Å². The molecule has 2 atom stereocenters. The molecule has 0 bridgehead atoms. The predicted molar refractivity (Wildman–Crippen MR) is 215 cm³/mol. The Morgan fingerprint density at radius 2 is 1.18 bits per heavy atom. The summed E-state index contributed by atoms with van der Waals surface area (Å²) in [5, 5.41) is 0. The van der Waals surface area contributed by atoms with Gasteiger partial charge in [-0.25, -0.2) is 0 Å². The number of nitrogens with zero attached hydrogens (tertiary/aromatic N) is 2. The number of imide groups is 2. The van der Waals surface area contributed by atoms with E-state index in [1.165, 1.54) is 32.0 Å². The number of hydrogen-bond acceptors (Lipinski definition) is 12. The molecule has 4 rings (SSSR count). The van der Waals surface area contributed by atoms with Crippen LogP contribution in [0.1, 0.15) is 123 Å². The molecule has 1 aromatic carbocycles. The van der Waals surface area contributed by atoms with Crippen LogP contribution in [0.2, 0.25) is 0 Å². The number of carbonyl (C=O) groups is 9. The van der Waals surface area contributed by atoms with Crippen molar-refractivity contribution in [3.63, 3.8) is 0 Å². The molecule has 1 radical (unpaired) electrons. The zero-order valence-corrected chi connectivity index (χ0v) is 38.9. The largest absolute Gasteiger partial charge is 0.542 e. The van der Waals surface area contributed by atoms with E-state index in [-0.39, 0.29) is 116 Å². The molecule has 2 unspecified atom stereocenters. The molecule has 1 aromatic rings. The maximum atomic E-state index is 11.8. The van der Waals surface area contributed by atoms with Crippen LogP contribution < -0.4 is 0 Å². The van der Waals surface area contributed by atoms with Crippen molar-refractivity contribution in [1.29, 1.82) is 0 Å². The van der Waals surface area contributed by atoms with Crippen molar-refractivity contribution >= 4 is 76.9 Å². The number of thioether (sulfide) groups is 1. The summed E-state index contributed by atoms with van der Waals surface area (Å²) in [4.78, 5) is 120. The minimum atomic E-state index is -0.253. The van der Waals surface area contributed by atoms with E-state index in [1.807, 2.05) is 25.3 Å². The minimum absolute atomic E-state index is 0. The van der Waals surface area contributed by atoms with E-state index in [0.29, 0.717) is 43.0 Å². The van der Waals surface area contributed by atoms with E-state index in [9.17, 15) is 43.2 Å². The normalized spacial score (nSPS) is 19.1. The Labute approximate surface area is 367 Å².